The number of hydrogen-bond acceptors (Lipinski definition) is 3. The molecule has 3 N–H and O–H groups in total. The Balaban J connectivity index is 1.82. The maximum atomic E-state index is 11.8. The second-order valence-corrected chi connectivity index (χ2v) is 5.18. The van der Waals surface area contributed by atoms with Crippen LogP contribution in [0.1, 0.15) is 12.8 Å². The fourth-order valence-electron chi connectivity index (χ4n) is 1.71. The van der Waals surface area contributed by atoms with Crippen molar-refractivity contribution in [1.29, 1.82) is 0 Å². The number of benzene rings is 1. The van der Waals surface area contributed by atoms with Gasteiger partial charge < -0.3 is 11.1 Å². The van der Waals surface area contributed by atoms with Gasteiger partial charge in [0, 0.05) is 24.2 Å². The zero-order valence-corrected chi connectivity index (χ0v) is 12.2. The van der Waals surface area contributed by atoms with Crippen LogP contribution in [0.25, 0.3) is 0 Å². The Labute approximate surface area is 126 Å². The van der Waals surface area contributed by atoms with Crippen molar-refractivity contribution in [2.75, 3.05) is 11.1 Å². The van der Waals surface area contributed by atoms with Crippen LogP contribution in [0.15, 0.2) is 30.6 Å². The lowest BCUT2D eigenvalue weighted by molar-refractivity contribution is -0.116. The quantitative estimate of drug-likeness (QED) is 0.833. The van der Waals surface area contributed by atoms with E-state index in [4.69, 9.17) is 28.9 Å². The summed E-state index contributed by atoms with van der Waals surface area (Å²) in [5.74, 6) is -0.114. The smallest absolute Gasteiger partial charge is 0.224 e. The molecule has 0 aliphatic heterocycles. The molecule has 0 saturated carbocycles. The third-order valence-electron chi connectivity index (χ3n) is 2.68. The van der Waals surface area contributed by atoms with Gasteiger partial charge in [0.15, 0.2) is 0 Å². The van der Waals surface area contributed by atoms with Gasteiger partial charge in [0.1, 0.15) is 0 Å². The van der Waals surface area contributed by atoms with Gasteiger partial charge in [0.05, 0.1) is 22.6 Å². The largest absolute Gasteiger partial charge is 0.397 e. The van der Waals surface area contributed by atoms with E-state index in [1.807, 2.05) is 0 Å². The monoisotopic (exact) mass is 312 g/mol. The van der Waals surface area contributed by atoms with Crippen LogP contribution in [0.5, 0.6) is 0 Å². The first kappa shape index (κ1) is 14.7. The van der Waals surface area contributed by atoms with E-state index in [-0.39, 0.29) is 5.91 Å². The summed E-state index contributed by atoms with van der Waals surface area (Å²) < 4.78 is 1.70. The van der Waals surface area contributed by atoms with Crippen LogP contribution >= 0.6 is 23.2 Å². The molecule has 0 aliphatic rings. The number of amides is 1. The Hall–Kier alpha value is -1.72. The number of aryl methyl sites for hydroxylation is 1. The SMILES string of the molecule is Nc1ccc(Cl)cc1NC(=O)CCCn1cc(Cl)cn1. The number of rotatable bonds is 5. The second kappa shape index (κ2) is 6.63. The molecule has 0 fully saturated rings. The van der Waals surface area contributed by atoms with E-state index in [2.05, 4.69) is 10.4 Å². The maximum Gasteiger partial charge on any atom is 0.224 e. The van der Waals surface area contributed by atoms with E-state index in [1.165, 1.54) is 0 Å². The number of carbonyl (C=O) groups is 1. The zero-order valence-electron chi connectivity index (χ0n) is 10.6. The summed E-state index contributed by atoms with van der Waals surface area (Å²) in [6, 6.07) is 4.96. The Morgan fingerprint density at radius 1 is 1.35 bits per heavy atom. The predicted molar refractivity (Wildman–Crippen MR) is 81.0 cm³/mol. The molecule has 1 heterocycles. The van der Waals surface area contributed by atoms with Gasteiger partial charge in [0.25, 0.3) is 0 Å². The van der Waals surface area contributed by atoms with Crippen molar-refractivity contribution in [1.82, 2.24) is 9.78 Å². The molecule has 106 valence electrons. The number of nitrogens with zero attached hydrogens (tertiary/aromatic N) is 2. The Bertz CT molecular complexity index is 612. The van der Waals surface area contributed by atoms with Gasteiger partial charge >= 0.3 is 0 Å². The van der Waals surface area contributed by atoms with Gasteiger partial charge in [-0.05, 0) is 24.6 Å². The molecule has 0 saturated heterocycles. The molecule has 0 unspecified atom stereocenters. The van der Waals surface area contributed by atoms with E-state index in [0.717, 1.165) is 0 Å². The van der Waals surface area contributed by atoms with Crippen LogP contribution in [0, 0.1) is 0 Å². The molecule has 1 aromatic carbocycles. The summed E-state index contributed by atoms with van der Waals surface area (Å²) >= 11 is 11.6. The highest BCUT2D eigenvalue weighted by molar-refractivity contribution is 6.31. The van der Waals surface area contributed by atoms with Crippen molar-refractivity contribution in [2.24, 2.45) is 0 Å². The lowest BCUT2D eigenvalue weighted by Gasteiger charge is -2.08. The Morgan fingerprint density at radius 2 is 2.15 bits per heavy atom. The van der Waals surface area contributed by atoms with Crippen molar-refractivity contribution in [3.8, 4) is 0 Å². The molecule has 20 heavy (non-hydrogen) atoms. The fraction of sp³-hybridized carbons (Fsp3) is 0.231. The molecular formula is C13H14Cl2N4O. The highest BCUT2D eigenvalue weighted by Gasteiger charge is 2.06. The molecule has 2 aromatic rings. The zero-order chi connectivity index (χ0) is 14.5. The number of nitrogen functional groups attached to an aromatic ring is 1. The minimum Gasteiger partial charge on any atom is -0.397 e. The summed E-state index contributed by atoms with van der Waals surface area (Å²) in [7, 11) is 0. The standard InChI is InChI=1S/C13H14Cl2N4O/c14-9-3-4-11(16)12(6-9)18-13(20)2-1-5-19-8-10(15)7-17-19/h3-4,6-8H,1-2,5,16H2,(H,18,20). The molecule has 5 nitrogen and oxygen atoms in total. The number of anilines is 2. The summed E-state index contributed by atoms with van der Waals surface area (Å²) in [5.41, 5.74) is 6.78. The van der Waals surface area contributed by atoms with Crippen LogP contribution in [-0.4, -0.2) is 15.7 Å². The molecule has 1 amide bonds. The normalized spacial score (nSPS) is 10.5. The number of nitrogens with one attached hydrogen (secondary N) is 1. The van der Waals surface area contributed by atoms with Gasteiger partial charge in [-0.3, -0.25) is 9.48 Å². The molecule has 0 spiro atoms. The van der Waals surface area contributed by atoms with Gasteiger partial charge in [-0.2, -0.15) is 5.10 Å². The molecule has 2 rings (SSSR count). The summed E-state index contributed by atoms with van der Waals surface area (Å²) in [6.07, 6.45) is 4.30. The average molecular weight is 313 g/mol. The van der Waals surface area contributed by atoms with E-state index < -0.39 is 0 Å². The molecule has 0 bridgehead atoms. The van der Waals surface area contributed by atoms with Gasteiger partial charge in [-0.25, -0.2) is 0 Å². The van der Waals surface area contributed by atoms with Gasteiger partial charge in [-0.15, -0.1) is 0 Å². The summed E-state index contributed by atoms with van der Waals surface area (Å²) in [5, 5.41) is 7.89. The van der Waals surface area contributed by atoms with Crippen molar-refractivity contribution < 1.29 is 4.79 Å². The van der Waals surface area contributed by atoms with E-state index in [0.29, 0.717) is 40.8 Å². The van der Waals surface area contributed by atoms with E-state index >= 15 is 0 Å². The first-order valence-corrected chi connectivity index (χ1v) is 6.83. The molecule has 0 atom stereocenters. The Kier molecular flexibility index (Phi) is 4.87. The minimum atomic E-state index is -0.114. The number of halogens is 2. The number of aromatic nitrogens is 2. The van der Waals surface area contributed by atoms with Crippen molar-refractivity contribution in [3.05, 3.63) is 40.6 Å². The van der Waals surface area contributed by atoms with E-state index in [1.54, 1.807) is 35.3 Å². The van der Waals surface area contributed by atoms with Crippen molar-refractivity contribution >= 4 is 40.5 Å². The van der Waals surface area contributed by atoms with Crippen LogP contribution in [0.4, 0.5) is 11.4 Å². The lowest BCUT2D eigenvalue weighted by Crippen LogP contribution is -2.13. The van der Waals surface area contributed by atoms with Crippen LogP contribution < -0.4 is 11.1 Å². The average Bonchev–Trinajstić information content (AvgIpc) is 2.80. The third-order valence-corrected chi connectivity index (χ3v) is 3.11. The summed E-state index contributed by atoms with van der Waals surface area (Å²) in [4.78, 5) is 11.8. The first-order valence-electron chi connectivity index (χ1n) is 6.07. The number of nitrogens with two attached hydrogens (primary N) is 1. The highest BCUT2D eigenvalue weighted by atomic mass is 35.5. The highest BCUT2D eigenvalue weighted by Crippen LogP contribution is 2.23. The first-order chi connectivity index (χ1) is 9.54. The number of carbonyl (C=O) groups excluding carboxylic acids is 1. The lowest BCUT2D eigenvalue weighted by atomic mass is 10.2. The minimum absolute atomic E-state index is 0.114. The molecular weight excluding hydrogens is 299 g/mol. The maximum absolute atomic E-state index is 11.8. The van der Waals surface area contributed by atoms with Crippen LogP contribution in [-0.2, 0) is 11.3 Å². The molecule has 0 aliphatic carbocycles. The van der Waals surface area contributed by atoms with Crippen LogP contribution in [0.2, 0.25) is 10.0 Å². The second-order valence-electron chi connectivity index (χ2n) is 4.30. The van der Waals surface area contributed by atoms with Gasteiger partial charge in [0.2, 0.25) is 5.91 Å². The van der Waals surface area contributed by atoms with Crippen LogP contribution in [0.3, 0.4) is 0 Å². The molecule has 0 radical (unpaired) electrons. The molecule has 1 aromatic heterocycles. The Morgan fingerprint density at radius 3 is 2.85 bits per heavy atom. The predicted octanol–water partition coefficient (Wildman–Crippen LogP) is 3.19. The number of hydrogen-bond donors (Lipinski definition) is 2. The van der Waals surface area contributed by atoms with Crippen molar-refractivity contribution in [3.63, 3.8) is 0 Å². The van der Waals surface area contributed by atoms with Gasteiger partial charge in [-0.1, -0.05) is 23.2 Å². The van der Waals surface area contributed by atoms with Crippen molar-refractivity contribution in [2.45, 2.75) is 19.4 Å². The van der Waals surface area contributed by atoms with E-state index in [9.17, 15) is 4.79 Å². The fourth-order valence-corrected chi connectivity index (χ4v) is 2.04. The molecule has 7 heteroatoms. The third kappa shape index (κ3) is 4.15. The topological polar surface area (TPSA) is 72.9 Å². The summed E-state index contributed by atoms with van der Waals surface area (Å²) in [6.45, 7) is 0.630.